The number of benzene rings is 2. The van der Waals surface area contributed by atoms with E-state index in [0.29, 0.717) is 12.8 Å². The molecule has 1 heterocycles. The van der Waals surface area contributed by atoms with Crippen LogP contribution in [0.25, 0.3) is 0 Å². The van der Waals surface area contributed by atoms with Crippen molar-refractivity contribution in [1.82, 2.24) is 0 Å². The molecular weight excluding hydrogens is 544 g/mol. The zero-order valence-electron chi connectivity index (χ0n) is 24.7. The summed E-state index contributed by atoms with van der Waals surface area (Å²) >= 11 is 0. The minimum absolute atomic E-state index is 0.000677. The van der Waals surface area contributed by atoms with Gasteiger partial charge in [-0.2, -0.15) is 0 Å². The Hall–Kier alpha value is -2.94. The van der Waals surface area contributed by atoms with E-state index in [4.69, 9.17) is 9.47 Å². The van der Waals surface area contributed by atoms with Crippen LogP contribution in [-0.4, -0.2) is 51.3 Å². The highest BCUT2D eigenvalue weighted by Crippen LogP contribution is 2.70. The van der Waals surface area contributed by atoms with Crippen LogP contribution in [0.1, 0.15) is 68.1 Å². The lowest BCUT2D eigenvalue weighted by Gasteiger charge is -2.59. The largest absolute Gasteiger partial charge is 0.393 e. The lowest BCUT2D eigenvalue weighted by atomic mass is 9.46. The summed E-state index contributed by atoms with van der Waals surface area (Å²) in [5.41, 5.74) is 2.48. The van der Waals surface area contributed by atoms with Crippen molar-refractivity contribution in [3.8, 4) is 0 Å². The molecule has 4 fully saturated rings. The molecular formula is C36H40O7. The van der Waals surface area contributed by atoms with Crippen LogP contribution in [0.4, 0.5) is 0 Å². The number of ketones is 2. The van der Waals surface area contributed by atoms with E-state index in [0.717, 1.165) is 47.1 Å². The predicted octanol–water partition coefficient (Wildman–Crippen LogP) is 4.37. The Labute approximate surface area is 252 Å². The van der Waals surface area contributed by atoms with Gasteiger partial charge in [-0.3, -0.25) is 9.59 Å². The number of aliphatic hydroxyl groups is 3. The fraction of sp³-hybridized carbons (Fsp3) is 0.500. The van der Waals surface area contributed by atoms with E-state index >= 15 is 0 Å². The summed E-state index contributed by atoms with van der Waals surface area (Å²) in [6.45, 7) is 3.53. The van der Waals surface area contributed by atoms with Gasteiger partial charge in [0.1, 0.15) is 6.61 Å². The van der Waals surface area contributed by atoms with Gasteiger partial charge in [-0.25, -0.2) is 0 Å². The minimum atomic E-state index is -1.36. The van der Waals surface area contributed by atoms with E-state index in [-0.39, 0.29) is 35.9 Å². The summed E-state index contributed by atoms with van der Waals surface area (Å²) in [5, 5.41) is 31.5. The summed E-state index contributed by atoms with van der Waals surface area (Å²) in [4.78, 5) is 25.9. The number of allylic oxidation sites excluding steroid dienone is 4. The molecule has 43 heavy (non-hydrogen) atoms. The molecule has 7 rings (SSSR count). The number of ether oxygens (including phenoxy) is 2. The highest BCUT2D eigenvalue weighted by atomic mass is 16.7. The molecule has 0 spiro atoms. The zero-order valence-corrected chi connectivity index (χ0v) is 24.7. The molecule has 4 aliphatic carbocycles. The summed E-state index contributed by atoms with van der Waals surface area (Å²) in [6.07, 6.45) is 6.64. The van der Waals surface area contributed by atoms with Gasteiger partial charge >= 0.3 is 0 Å². The van der Waals surface area contributed by atoms with Gasteiger partial charge in [0.25, 0.3) is 0 Å². The monoisotopic (exact) mass is 584 g/mol. The quantitative estimate of drug-likeness (QED) is 0.462. The summed E-state index contributed by atoms with van der Waals surface area (Å²) in [7, 11) is 0. The molecule has 5 aliphatic rings. The number of carbonyl (C=O) groups excluding carboxylic acids is 2. The van der Waals surface area contributed by atoms with Crippen LogP contribution in [0.5, 0.6) is 0 Å². The Morgan fingerprint density at radius 3 is 2.56 bits per heavy atom. The fourth-order valence-electron chi connectivity index (χ4n) is 9.70. The number of fused-ring (bicyclic) bond motifs is 7. The van der Waals surface area contributed by atoms with Crippen LogP contribution in [0.2, 0.25) is 0 Å². The number of carbonyl (C=O) groups is 2. The van der Waals surface area contributed by atoms with E-state index < -0.39 is 41.5 Å². The van der Waals surface area contributed by atoms with Crippen molar-refractivity contribution in [3.63, 3.8) is 0 Å². The maximum atomic E-state index is 13.7. The predicted molar refractivity (Wildman–Crippen MR) is 159 cm³/mol. The second kappa shape index (κ2) is 10.3. The first-order valence-electron chi connectivity index (χ1n) is 15.5. The Kier molecular flexibility index (Phi) is 6.91. The van der Waals surface area contributed by atoms with E-state index in [1.807, 2.05) is 61.5 Å². The van der Waals surface area contributed by atoms with Gasteiger partial charge < -0.3 is 24.8 Å². The topological polar surface area (TPSA) is 113 Å². The number of Topliss-reactive ketones (excluding diaryl/α,β-unsaturated/α-hetero) is 1. The molecule has 7 nitrogen and oxygen atoms in total. The molecule has 226 valence electrons. The Bertz CT molecular complexity index is 1510. The number of hydrogen-bond acceptors (Lipinski definition) is 7. The fourth-order valence-corrected chi connectivity index (χ4v) is 9.70. The smallest absolute Gasteiger partial charge is 0.193 e. The van der Waals surface area contributed by atoms with E-state index in [1.165, 1.54) is 0 Å². The number of rotatable bonds is 6. The summed E-state index contributed by atoms with van der Waals surface area (Å²) in [5.74, 6) is -0.278. The van der Waals surface area contributed by atoms with Crippen molar-refractivity contribution in [1.29, 1.82) is 0 Å². The normalized spacial score (nSPS) is 39.5. The van der Waals surface area contributed by atoms with Crippen molar-refractivity contribution >= 4 is 11.6 Å². The standard InChI is InChI=1S/C36H40O7/c1-34-13-12-26(39)16-25(34)10-11-27-28-17-31-36(30(41)20-38,35(28,2)18-29(40)32(27)34)43-33(42-31)24-8-6-21(7-9-24)14-22-4-3-5-23(15-22)19-37/h3-9,12-13,15-16,27-29,31-33,37-38,40H,10-11,14,17-20H2,1-2H3/t27-,28-,29-,31?,32+,33+,34-,35-,36+/m0/s1. The first kappa shape index (κ1) is 28.8. The first-order chi connectivity index (χ1) is 20.6. The van der Waals surface area contributed by atoms with Crippen molar-refractivity contribution in [2.45, 2.75) is 76.7 Å². The molecule has 3 N–H and O–H groups in total. The van der Waals surface area contributed by atoms with Gasteiger partial charge in [0.2, 0.25) is 0 Å². The van der Waals surface area contributed by atoms with Crippen LogP contribution < -0.4 is 0 Å². The van der Waals surface area contributed by atoms with Crippen molar-refractivity contribution in [3.05, 3.63) is 94.6 Å². The van der Waals surface area contributed by atoms with Crippen molar-refractivity contribution in [2.75, 3.05) is 6.61 Å². The second-order valence-electron chi connectivity index (χ2n) is 13.7. The van der Waals surface area contributed by atoms with E-state index in [2.05, 4.69) is 6.92 Å². The van der Waals surface area contributed by atoms with E-state index in [1.54, 1.807) is 12.2 Å². The third-order valence-corrected chi connectivity index (χ3v) is 11.6. The highest BCUT2D eigenvalue weighted by molar-refractivity contribution is 6.01. The van der Waals surface area contributed by atoms with Gasteiger partial charge in [0, 0.05) is 22.3 Å². The summed E-state index contributed by atoms with van der Waals surface area (Å²) < 4.78 is 13.3. The average Bonchev–Trinajstić information content (AvgIpc) is 3.50. The molecule has 1 aliphatic heterocycles. The highest BCUT2D eigenvalue weighted by Gasteiger charge is 2.75. The SMILES string of the molecule is C[C@]12C=CC(=O)C=C1CC[C@@H]1[C@@H]2[C@@H](O)C[C@@]2(C)[C@H]1CC1O[C@@H](c3ccc(Cc4cccc(CO)c4)cc3)O[C@]12C(=O)CO. The molecule has 3 saturated carbocycles. The van der Waals surface area contributed by atoms with Gasteiger partial charge in [-0.15, -0.1) is 0 Å². The van der Waals surface area contributed by atoms with Crippen LogP contribution in [0.3, 0.4) is 0 Å². The maximum absolute atomic E-state index is 13.7. The molecule has 9 atom stereocenters. The first-order valence-corrected chi connectivity index (χ1v) is 15.5. The molecule has 7 heteroatoms. The van der Waals surface area contributed by atoms with Gasteiger partial charge in [0.05, 0.1) is 18.8 Å². The molecule has 1 saturated heterocycles. The molecule has 0 bridgehead atoms. The Morgan fingerprint density at radius 1 is 1.05 bits per heavy atom. The van der Waals surface area contributed by atoms with Crippen LogP contribution >= 0.6 is 0 Å². The number of hydrogen-bond donors (Lipinski definition) is 3. The van der Waals surface area contributed by atoms with Gasteiger partial charge in [0.15, 0.2) is 23.5 Å². The molecule has 0 radical (unpaired) electrons. The molecule has 2 aromatic carbocycles. The third kappa shape index (κ3) is 4.20. The Morgan fingerprint density at radius 2 is 1.81 bits per heavy atom. The Balaban J connectivity index is 1.16. The molecule has 1 unspecified atom stereocenters. The van der Waals surface area contributed by atoms with Crippen LogP contribution in [0, 0.1) is 28.6 Å². The lowest BCUT2D eigenvalue weighted by molar-refractivity contribution is -0.201. The molecule has 2 aromatic rings. The minimum Gasteiger partial charge on any atom is -0.393 e. The van der Waals surface area contributed by atoms with E-state index in [9.17, 15) is 24.9 Å². The summed E-state index contributed by atoms with van der Waals surface area (Å²) in [6, 6.07) is 15.9. The van der Waals surface area contributed by atoms with Crippen LogP contribution in [0.15, 0.2) is 72.3 Å². The number of aliphatic hydroxyl groups excluding tert-OH is 3. The van der Waals surface area contributed by atoms with Gasteiger partial charge in [-0.1, -0.05) is 74.0 Å². The zero-order chi connectivity index (χ0) is 30.1. The maximum Gasteiger partial charge on any atom is 0.193 e. The second-order valence-corrected chi connectivity index (χ2v) is 13.7. The lowest BCUT2D eigenvalue weighted by Crippen LogP contribution is -2.63. The average molecular weight is 585 g/mol. The molecule has 0 aromatic heterocycles. The van der Waals surface area contributed by atoms with Crippen molar-refractivity contribution < 1.29 is 34.4 Å². The van der Waals surface area contributed by atoms with Gasteiger partial charge in [-0.05, 0) is 72.8 Å². The third-order valence-electron chi connectivity index (χ3n) is 11.6. The van der Waals surface area contributed by atoms with Crippen molar-refractivity contribution in [2.24, 2.45) is 28.6 Å². The molecule has 0 amide bonds. The van der Waals surface area contributed by atoms with Crippen LogP contribution in [-0.2, 0) is 32.1 Å².